The van der Waals surface area contributed by atoms with Gasteiger partial charge in [-0.05, 0) is 13.3 Å². The number of esters is 1. The van der Waals surface area contributed by atoms with E-state index in [0.717, 1.165) is 0 Å². The summed E-state index contributed by atoms with van der Waals surface area (Å²) in [4.78, 5) is 29.5. The Balaban J connectivity index is 2.93. The maximum atomic E-state index is 11.4. The number of hydrogen-bond acceptors (Lipinski definition) is 3. The number of rotatable bonds is 4. The highest BCUT2D eigenvalue weighted by Crippen LogP contribution is 2.69. The largest absolute Gasteiger partial charge is 0.465 e. The molecule has 0 spiro atoms. The number of carbonyl (C=O) groups excluding carboxylic acids is 1. The molecule has 2 N–H and O–H groups in total. The Morgan fingerprint density at radius 3 is 2.64 bits per heavy atom. The molecule has 80 valence electrons. The maximum Gasteiger partial charge on any atom is 0.343 e. The third kappa shape index (κ3) is 1.52. The fourth-order valence-corrected chi connectivity index (χ4v) is 2.77. The van der Waals surface area contributed by atoms with Crippen molar-refractivity contribution in [3.05, 3.63) is 12.7 Å². The Labute approximate surface area is 81.9 Å². The summed E-state index contributed by atoms with van der Waals surface area (Å²) in [6.45, 7) is 5.13. The number of hydrogen-bond donors (Lipinski definition) is 2. The van der Waals surface area contributed by atoms with Crippen LogP contribution in [0.2, 0.25) is 0 Å². The van der Waals surface area contributed by atoms with Gasteiger partial charge in [0.25, 0.3) is 0 Å². The van der Waals surface area contributed by atoms with Gasteiger partial charge in [0.15, 0.2) is 5.16 Å². The summed E-state index contributed by atoms with van der Waals surface area (Å²) in [7, 11) is -4.46. The molecule has 0 aromatic carbocycles. The van der Waals surface area contributed by atoms with E-state index in [0.29, 0.717) is 0 Å². The van der Waals surface area contributed by atoms with Gasteiger partial charge in [-0.3, -0.25) is 9.36 Å². The standard InChI is InChI=1S/C8H13O5P/c1-3-6-5-8(6,14(10,11)12)7(9)13-4-2/h3,6H,1,4-5H2,2H3,(H2,10,11,12)/t6-,8-/m1/s1. The van der Waals surface area contributed by atoms with Crippen LogP contribution in [-0.4, -0.2) is 27.5 Å². The summed E-state index contributed by atoms with van der Waals surface area (Å²) >= 11 is 0. The Bertz CT molecular complexity index is 307. The Kier molecular flexibility index (Phi) is 2.86. The molecule has 0 heterocycles. The SMILES string of the molecule is C=C[C@@H]1C[C@@]1(C(=O)OCC)P(=O)(O)O. The normalized spacial score (nSPS) is 30.9. The van der Waals surface area contributed by atoms with Gasteiger partial charge < -0.3 is 14.5 Å². The van der Waals surface area contributed by atoms with Crippen molar-refractivity contribution in [1.29, 1.82) is 0 Å². The third-order valence-corrected chi connectivity index (χ3v) is 4.15. The molecule has 0 saturated heterocycles. The Hall–Kier alpha value is -0.640. The van der Waals surface area contributed by atoms with Gasteiger partial charge in [-0.25, -0.2) is 0 Å². The molecule has 1 saturated carbocycles. The Morgan fingerprint density at radius 2 is 2.36 bits per heavy atom. The van der Waals surface area contributed by atoms with E-state index in [1.807, 2.05) is 0 Å². The van der Waals surface area contributed by atoms with Crippen LogP contribution in [0.5, 0.6) is 0 Å². The maximum absolute atomic E-state index is 11.4. The molecular weight excluding hydrogens is 207 g/mol. The lowest BCUT2D eigenvalue weighted by molar-refractivity contribution is -0.144. The van der Waals surface area contributed by atoms with Crippen molar-refractivity contribution in [3.63, 3.8) is 0 Å². The van der Waals surface area contributed by atoms with Gasteiger partial charge in [0, 0.05) is 5.92 Å². The van der Waals surface area contributed by atoms with Gasteiger partial charge in [-0.2, -0.15) is 0 Å². The molecule has 0 bridgehead atoms. The Morgan fingerprint density at radius 1 is 1.79 bits per heavy atom. The van der Waals surface area contributed by atoms with E-state index in [2.05, 4.69) is 11.3 Å². The molecule has 2 atom stereocenters. The van der Waals surface area contributed by atoms with E-state index in [4.69, 9.17) is 9.79 Å². The quantitative estimate of drug-likeness (QED) is 0.413. The van der Waals surface area contributed by atoms with Gasteiger partial charge in [0.2, 0.25) is 0 Å². The smallest absolute Gasteiger partial charge is 0.343 e. The average molecular weight is 220 g/mol. The van der Waals surface area contributed by atoms with Crippen molar-refractivity contribution in [1.82, 2.24) is 0 Å². The molecule has 6 heteroatoms. The van der Waals surface area contributed by atoms with Crippen molar-refractivity contribution in [2.75, 3.05) is 6.61 Å². The van der Waals surface area contributed by atoms with E-state index in [1.54, 1.807) is 6.92 Å². The van der Waals surface area contributed by atoms with Gasteiger partial charge >= 0.3 is 13.6 Å². The van der Waals surface area contributed by atoms with E-state index in [9.17, 15) is 9.36 Å². The van der Waals surface area contributed by atoms with Gasteiger partial charge in [0.1, 0.15) is 0 Å². The van der Waals surface area contributed by atoms with Crippen LogP contribution in [0, 0.1) is 5.92 Å². The van der Waals surface area contributed by atoms with Crippen molar-refractivity contribution in [3.8, 4) is 0 Å². The van der Waals surface area contributed by atoms with Crippen molar-refractivity contribution < 1.29 is 23.9 Å². The van der Waals surface area contributed by atoms with Gasteiger partial charge in [0.05, 0.1) is 6.61 Å². The molecule has 0 aromatic heterocycles. The van der Waals surface area contributed by atoms with Gasteiger partial charge in [-0.1, -0.05) is 6.08 Å². The predicted octanol–water partition coefficient (Wildman–Crippen LogP) is 0.672. The first kappa shape index (κ1) is 11.4. The predicted molar refractivity (Wildman–Crippen MR) is 49.7 cm³/mol. The van der Waals surface area contributed by atoms with E-state index < -0.39 is 24.6 Å². The fourth-order valence-electron chi connectivity index (χ4n) is 1.50. The van der Waals surface area contributed by atoms with Crippen LogP contribution in [0.25, 0.3) is 0 Å². The van der Waals surface area contributed by atoms with Crippen LogP contribution in [0.3, 0.4) is 0 Å². The highest BCUT2D eigenvalue weighted by molar-refractivity contribution is 7.55. The van der Waals surface area contributed by atoms with E-state index in [1.165, 1.54) is 6.08 Å². The highest BCUT2D eigenvalue weighted by Gasteiger charge is 2.71. The van der Waals surface area contributed by atoms with Crippen LogP contribution in [0.15, 0.2) is 12.7 Å². The lowest BCUT2D eigenvalue weighted by Gasteiger charge is -2.16. The van der Waals surface area contributed by atoms with Crippen molar-refractivity contribution in [2.45, 2.75) is 18.5 Å². The number of carbonyl (C=O) groups is 1. The second-order valence-electron chi connectivity index (χ2n) is 3.24. The first-order valence-electron chi connectivity index (χ1n) is 4.25. The lowest BCUT2D eigenvalue weighted by atomic mass is 10.3. The summed E-state index contributed by atoms with van der Waals surface area (Å²) in [5.41, 5.74) is 0. The third-order valence-electron chi connectivity index (χ3n) is 2.42. The topological polar surface area (TPSA) is 83.8 Å². The lowest BCUT2D eigenvalue weighted by Crippen LogP contribution is -2.27. The monoisotopic (exact) mass is 220 g/mol. The fraction of sp³-hybridized carbons (Fsp3) is 0.625. The first-order valence-corrected chi connectivity index (χ1v) is 5.86. The van der Waals surface area contributed by atoms with E-state index in [-0.39, 0.29) is 13.0 Å². The molecule has 1 rings (SSSR count). The molecule has 0 amide bonds. The van der Waals surface area contributed by atoms with Crippen molar-refractivity contribution >= 4 is 13.6 Å². The molecule has 14 heavy (non-hydrogen) atoms. The molecule has 1 fully saturated rings. The number of allylic oxidation sites excluding steroid dienone is 1. The minimum atomic E-state index is -4.46. The molecule has 5 nitrogen and oxygen atoms in total. The van der Waals surface area contributed by atoms with Crippen LogP contribution in [0.4, 0.5) is 0 Å². The zero-order valence-corrected chi connectivity index (χ0v) is 8.74. The molecule has 0 aromatic rings. The zero-order chi connectivity index (χ0) is 11.0. The summed E-state index contributed by atoms with van der Waals surface area (Å²) in [5, 5.41) is -1.65. The average Bonchev–Trinajstić information content (AvgIpc) is 2.78. The van der Waals surface area contributed by atoms with Crippen LogP contribution in [-0.2, 0) is 14.1 Å². The minimum absolute atomic E-state index is 0.116. The summed E-state index contributed by atoms with van der Waals surface area (Å²) in [5.74, 6) is -1.29. The van der Waals surface area contributed by atoms with Gasteiger partial charge in [-0.15, -0.1) is 6.58 Å². The molecular formula is C8H13O5P. The molecule has 0 aliphatic heterocycles. The molecule has 1 aliphatic carbocycles. The van der Waals surface area contributed by atoms with Crippen molar-refractivity contribution in [2.24, 2.45) is 5.92 Å². The number of ether oxygens (including phenoxy) is 1. The highest BCUT2D eigenvalue weighted by atomic mass is 31.2. The van der Waals surface area contributed by atoms with Crippen LogP contribution in [0.1, 0.15) is 13.3 Å². The summed E-state index contributed by atoms with van der Waals surface area (Å²) in [6.07, 6.45) is 1.51. The van der Waals surface area contributed by atoms with Crippen LogP contribution >= 0.6 is 7.60 Å². The molecule has 1 aliphatic rings. The second-order valence-corrected chi connectivity index (χ2v) is 5.12. The molecule has 0 unspecified atom stereocenters. The zero-order valence-electron chi connectivity index (χ0n) is 7.84. The first-order chi connectivity index (χ1) is 6.40. The van der Waals surface area contributed by atoms with E-state index >= 15 is 0 Å². The summed E-state index contributed by atoms with van der Waals surface area (Å²) < 4.78 is 15.8. The minimum Gasteiger partial charge on any atom is -0.465 e. The van der Waals surface area contributed by atoms with Crippen LogP contribution < -0.4 is 0 Å². The summed E-state index contributed by atoms with van der Waals surface area (Å²) in [6, 6.07) is 0. The second kappa shape index (κ2) is 3.50. The molecule has 0 radical (unpaired) electrons.